The lowest BCUT2D eigenvalue weighted by atomic mass is 9.88. The van der Waals surface area contributed by atoms with Crippen molar-refractivity contribution in [1.82, 2.24) is 0 Å². The van der Waals surface area contributed by atoms with Crippen LogP contribution in [-0.2, 0) is 4.74 Å². The Labute approximate surface area is 173 Å². The number of furan rings is 1. The molecule has 2 aromatic rings. The summed E-state index contributed by atoms with van der Waals surface area (Å²) in [5.41, 5.74) is 1.94. The molecule has 0 saturated carbocycles. The highest BCUT2D eigenvalue weighted by atomic mass is 16.5. The lowest BCUT2D eigenvalue weighted by Gasteiger charge is -2.24. The van der Waals surface area contributed by atoms with Crippen LogP contribution in [0.1, 0.15) is 63.0 Å². The SMILES string of the molecule is COc1cc([C@@H](CC=C(C)C)OC(=O)c2ccoc2)c(OC)c2c1C(=O)C=CC2=O. The van der Waals surface area contributed by atoms with Gasteiger partial charge in [0.2, 0.25) is 0 Å². The number of fused-ring (bicyclic) bond motifs is 1. The van der Waals surface area contributed by atoms with E-state index in [4.69, 9.17) is 18.6 Å². The molecule has 1 heterocycles. The van der Waals surface area contributed by atoms with Gasteiger partial charge in [-0.15, -0.1) is 0 Å². The van der Waals surface area contributed by atoms with Crippen LogP contribution in [0.4, 0.5) is 0 Å². The van der Waals surface area contributed by atoms with Gasteiger partial charge < -0.3 is 18.6 Å². The molecule has 0 aliphatic heterocycles. The standard InChI is InChI=1S/C23H22O7/c1-13(2)5-8-18(30-23(26)14-9-10-29-12-14)15-11-19(27-3)20-16(24)6-7-17(25)21(20)22(15)28-4/h5-7,9-12,18H,8H2,1-4H3/t18-/m1/s1. The molecule has 0 N–H and O–H groups in total. The van der Waals surface area contributed by atoms with Gasteiger partial charge in [-0.1, -0.05) is 11.6 Å². The Morgan fingerprint density at radius 3 is 2.37 bits per heavy atom. The summed E-state index contributed by atoms with van der Waals surface area (Å²) in [6, 6.07) is 3.08. The monoisotopic (exact) mass is 410 g/mol. The number of allylic oxidation sites excluding steroid dienone is 3. The van der Waals surface area contributed by atoms with Crippen molar-refractivity contribution in [2.45, 2.75) is 26.4 Å². The van der Waals surface area contributed by atoms with Gasteiger partial charge in [-0.25, -0.2) is 4.79 Å². The third kappa shape index (κ3) is 4.05. The number of hydrogen-bond donors (Lipinski definition) is 0. The highest BCUT2D eigenvalue weighted by Gasteiger charge is 2.33. The Kier molecular flexibility index (Phi) is 6.20. The average molecular weight is 410 g/mol. The second-order valence-electron chi connectivity index (χ2n) is 6.94. The van der Waals surface area contributed by atoms with E-state index in [0.29, 0.717) is 12.0 Å². The molecule has 1 aromatic carbocycles. The molecular weight excluding hydrogens is 388 g/mol. The summed E-state index contributed by atoms with van der Waals surface area (Å²) < 4.78 is 21.6. The van der Waals surface area contributed by atoms with Gasteiger partial charge in [-0.05, 0) is 38.1 Å². The van der Waals surface area contributed by atoms with Gasteiger partial charge in [0, 0.05) is 12.0 Å². The van der Waals surface area contributed by atoms with Gasteiger partial charge >= 0.3 is 5.97 Å². The summed E-state index contributed by atoms with van der Waals surface area (Å²) in [5.74, 6) is -0.936. The van der Waals surface area contributed by atoms with Crippen molar-refractivity contribution in [3.63, 3.8) is 0 Å². The van der Waals surface area contributed by atoms with Crippen LogP contribution in [0.3, 0.4) is 0 Å². The molecule has 1 atom stereocenters. The lowest BCUT2D eigenvalue weighted by Crippen LogP contribution is -2.19. The maximum Gasteiger partial charge on any atom is 0.342 e. The number of hydrogen-bond acceptors (Lipinski definition) is 7. The van der Waals surface area contributed by atoms with Crippen LogP contribution in [0.25, 0.3) is 0 Å². The Morgan fingerprint density at radius 2 is 1.80 bits per heavy atom. The van der Waals surface area contributed by atoms with E-state index in [1.807, 2.05) is 19.9 Å². The zero-order valence-corrected chi connectivity index (χ0v) is 17.2. The van der Waals surface area contributed by atoms with Gasteiger partial charge in [0.05, 0.1) is 37.2 Å². The number of methoxy groups -OCH3 is 2. The fraction of sp³-hybridized carbons (Fsp3) is 0.261. The fourth-order valence-electron chi connectivity index (χ4n) is 3.24. The topological polar surface area (TPSA) is 92.0 Å². The van der Waals surface area contributed by atoms with Crippen LogP contribution >= 0.6 is 0 Å². The van der Waals surface area contributed by atoms with E-state index in [2.05, 4.69) is 0 Å². The number of ether oxygens (including phenoxy) is 3. The molecule has 0 bridgehead atoms. The van der Waals surface area contributed by atoms with Gasteiger partial charge in [-0.3, -0.25) is 9.59 Å². The van der Waals surface area contributed by atoms with Crippen LogP contribution in [0.2, 0.25) is 0 Å². The van der Waals surface area contributed by atoms with Crippen molar-refractivity contribution in [2.24, 2.45) is 0 Å². The normalized spacial score (nSPS) is 13.5. The zero-order chi connectivity index (χ0) is 21.8. The van der Waals surface area contributed by atoms with E-state index in [-0.39, 0.29) is 39.8 Å². The summed E-state index contributed by atoms with van der Waals surface area (Å²) >= 11 is 0. The van der Waals surface area contributed by atoms with Crippen LogP contribution in [0.5, 0.6) is 11.5 Å². The van der Waals surface area contributed by atoms with Crippen molar-refractivity contribution < 1.29 is 33.0 Å². The van der Waals surface area contributed by atoms with Crippen molar-refractivity contribution in [3.8, 4) is 11.5 Å². The second-order valence-corrected chi connectivity index (χ2v) is 6.94. The Balaban J connectivity index is 2.16. The lowest BCUT2D eigenvalue weighted by molar-refractivity contribution is 0.0296. The van der Waals surface area contributed by atoms with Gasteiger partial charge in [0.25, 0.3) is 0 Å². The molecular formula is C23H22O7. The Morgan fingerprint density at radius 1 is 1.10 bits per heavy atom. The third-order valence-corrected chi connectivity index (χ3v) is 4.67. The van der Waals surface area contributed by atoms with Crippen LogP contribution in [-0.4, -0.2) is 31.8 Å². The fourth-order valence-corrected chi connectivity index (χ4v) is 3.24. The molecule has 1 aliphatic carbocycles. The molecule has 1 aliphatic rings. The molecule has 156 valence electrons. The molecule has 1 aromatic heterocycles. The van der Waals surface area contributed by atoms with Crippen molar-refractivity contribution in [1.29, 1.82) is 0 Å². The second kappa shape index (κ2) is 8.82. The summed E-state index contributed by atoms with van der Waals surface area (Å²) in [7, 11) is 2.81. The first-order valence-electron chi connectivity index (χ1n) is 9.29. The zero-order valence-electron chi connectivity index (χ0n) is 17.2. The number of rotatable bonds is 7. The van der Waals surface area contributed by atoms with Crippen LogP contribution in [0, 0.1) is 0 Å². The van der Waals surface area contributed by atoms with Gasteiger partial charge in [0.1, 0.15) is 23.9 Å². The molecule has 0 radical (unpaired) electrons. The minimum absolute atomic E-state index is 0.0981. The molecule has 0 saturated heterocycles. The Bertz CT molecular complexity index is 1040. The van der Waals surface area contributed by atoms with E-state index in [1.165, 1.54) is 45.0 Å². The molecule has 30 heavy (non-hydrogen) atoms. The minimum Gasteiger partial charge on any atom is -0.496 e. The third-order valence-electron chi connectivity index (χ3n) is 4.67. The van der Waals surface area contributed by atoms with Crippen LogP contribution in [0.15, 0.2) is 52.9 Å². The first kappa shape index (κ1) is 21.1. The Hall–Kier alpha value is -3.61. The van der Waals surface area contributed by atoms with E-state index >= 15 is 0 Å². The number of ketones is 2. The maximum atomic E-state index is 12.6. The number of carbonyl (C=O) groups excluding carboxylic acids is 3. The number of carbonyl (C=O) groups is 3. The molecule has 0 unspecified atom stereocenters. The number of benzene rings is 1. The summed E-state index contributed by atoms with van der Waals surface area (Å²) in [4.78, 5) is 37.6. The van der Waals surface area contributed by atoms with E-state index < -0.39 is 12.1 Å². The quantitative estimate of drug-likeness (QED) is 0.491. The van der Waals surface area contributed by atoms with E-state index in [9.17, 15) is 14.4 Å². The minimum atomic E-state index is -0.787. The molecule has 7 nitrogen and oxygen atoms in total. The van der Waals surface area contributed by atoms with Gasteiger partial charge in [-0.2, -0.15) is 0 Å². The highest BCUT2D eigenvalue weighted by molar-refractivity contribution is 6.24. The molecule has 3 rings (SSSR count). The molecule has 0 fully saturated rings. The van der Waals surface area contributed by atoms with Crippen molar-refractivity contribution in [3.05, 3.63) is 70.7 Å². The smallest absolute Gasteiger partial charge is 0.342 e. The summed E-state index contributed by atoms with van der Waals surface area (Å²) in [6.07, 6.45) is 6.52. The van der Waals surface area contributed by atoms with E-state index in [0.717, 1.165) is 5.57 Å². The predicted molar refractivity (Wildman–Crippen MR) is 108 cm³/mol. The first-order valence-corrected chi connectivity index (χ1v) is 9.29. The summed E-state index contributed by atoms with van der Waals surface area (Å²) in [5, 5.41) is 0. The number of esters is 1. The maximum absolute atomic E-state index is 12.6. The van der Waals surface area contributed by atoms with Crippen molar-refractivity contribution >= 4 is 17.5 Å². The average Bonchev–Trinajstić information content (AvgIpc) is 3.27. The summed E-state index contributed by atoms with van der Waals surface area (Å²) in [6.45, 7) is 3.85. The largest absolute Gasteiger partial charge is 0.496 e. The van der Waals surface area contributed by atoms with Gasteiger partial charge in [0.15, 0.2) is 11.6 Å². The molecule has 0 amide bonds. The molecule has 0 spiro atoms. The first-order chi connectivity index (χ1) is 14.4. The van der Waals surface area contributed by atoms with Crippen molar-refractivity contribution in [2.75, 3.05) is 14.2 Å². The van der Waals surface area contributed by atoms with Crippen LogP contribution < -0.4 is 9.47 Å². The predicted octanol–water partition coefficient (Wildman–Crippen LogP) is 4.49. The highest BCUT2D eigenvalue weighted by Crippen LogP contribution is 2.42. The molecule has 7 heteroatoms. The van der Waals surface area contributed by atoms with E-state index in [1.54, 1.807) is 6.07 Å².